The minimum atomic E-state index is -5.21. The molecule has 0 saturated carbocycles. The number of alkyl halides is 3. The fourth-order valence-electron chi connectivity index (χ4n) is 3.79. The number of hydrogen-bond acceptors (Lipinski definition) is 2. The van der Waals surface area contributed by atoms with Crippen LogP contribution in [0.3, 0.4) is 0 Å². The van der Waals surface area contributed by atoms with Crippen LogP contribution in [0.2, 0.25) is 0 Å². The summed E-state index contributed by atoms with van der Waals surface area (Å²) in [6.45, 7) is -1.39. The first-order valence-electron chi connectivity index (χ1n) is 10.7. The van der Waals surface area contributed by atoms with Gasteiger partial charge >= 0.3 is 6.18 Å². The number of rotatable bonds is 8. The number of unbranched alkanes of at least 4 members (excludes halogenated alkanes) is 1. The van der Waals surface area contributed by atoms with E-state index in [-0.39, 0.29) is 6.54 Å². The van der Waals surface area contributed by atoms with Crippen molar-refractivity contribution in [2.75, 3.05) is 6.54 Å². The van der Waals surface area contributed by atoms with Crippen molar-refractivity contribution in [3.63, 3.8) is 0 Å². The number of amides is 1. The molecule has 3 aromatic carbocycles. The molecule has 172 valence electrons. The third kappa shape index (κ3) is 5.12. The zero-order valence-electron chi connectivity index (χ0n) is 18.2. The first kappa shape index (κ1) is 24.5. The van der Waals surface area contributed by atoms with Crippen LogP contribution in [0.4, 0.5) is 13.2 Å². The molecular formula is C26H25F3NO2P. The maximum Gasteiger partial charge on any atom is 0.455 e. The Kier molecular flexibility index (Phi) is 7.93. The molecule has 0 unspecified atom stereocenters. The summed E-state index contributed by atoms with van der Waals surface area (Å²) in [5.41, 5.74) is 0. The molecule has 3 aromatic rings. The summed E-state index contributed by atoms with van der Waals surface area (Å²) in [6, 6.07) is 25.7. The number of ketones is 1. The molecule has 0 saturated heterocycles. The predicted molar refractivity (Wildman–Crippen MR) is 129 cm³/mol. The summed E-state index contributed by atoms with van der Waals surface area (Å²) in [7, 11) is 0. The number of benzene rings is 3. The van der Waals surface area contributed by atoms with Gasteiger partial charge in [-0.3, -0.25) is 9.59 Å². The molecule has 0 fully saturated rings. The second-order valence-electron chi connectivity index (χ2n) is 7.46. The molecule has 0 aliphatic rings. The van der Waals surface area contributed by atoms with Crippen LogP contribution in [0.1, 0.15) is 19.8 Å². The lowest BCUT2D eigenvalue weighted by Gasteiger charge is -2.32. The van der Waals surface area contributed by atoms with Crippen molar-refractivity contribution in [3.8, 4) is 0 Å². The Hall–Kier alpha value is -3.11. The normalized spacial score (nSPS) is 11.6. The van der Waals surface area contributed by atoms with Gasteiger partial charge in [0.25, 0.3) is 11.7 Å². The van der Waals surface area contributed by atoms with Gasteiger partial charge in [0.05, 0.1) is 0 Å². The van der Waals surface area contributed by atoms with E-state index in [9.17, 15) is 22.8 Å². The molecular weight excluding hydrogens is 446 g/mol. The Labute approximate surface area is 191 Å². The maximum atomic E-state index is 14.0. The number of hydrogen-bond donors (Lipinski definition) is 1. The van der Waals surface area contributed by atoms with Gasteiger partial charge in [-0.2, -0.15) is 13.2 Å². The average molecular weight is 471 g/mol. The summed E-state index contributed by atoms with van der Waals surface area (Å²) in [6.07, 6.45) is -3.87. The van der Waals surface area contributed by atoms with Gasteiger partial charge in [-0.15, -0.1) is 0 Å². The monoisotopic (exact) mass is 471 g/mol. The second-order valence-corrected chi connectivity index (χ2v) is 10.8. The van der Waals surface area contributed by atoms with E-state index in [1.807, 2.05) is 6.92 Å². The largest absolute Gasteiger partial charge is 0.455 e. The molecule has 1 N–H and O–H groups in total. The molecule has 3 rings (SSSR count). The highest BCUT2D eigenvalue weighted by atomic mass is 31.2. The highest BCUT2D eigenvalue weighted by molar-refractivity contribution is 7.97. The van der Waals surface area contributed by atoms with E-state index in [0.29, 0.717) is 22.3 Å². The van der Waals surface area contributed by atoms with Crippen LogP contribution in [0.5, 0.6) is 0 Å². The Bertz CT molecular complexity index is 1040. The molecule has 7 heteroatoms. The molecule has 0 aromatic heterocycles. The lowest BCUT2D eigenvalue weighted by atomic mass is 10.2. The van der Waals surface area contributed by atoms with E-state index in [1.54, 1.807) is 91.0 Å². The quantitative estimate of drug-likeness (QED) is 0.304. The van der Waals surface area contributed by atoms with Crippen molar-refractivity contribution in [3.05, 3.63) is 91.0 Å². The summed E-state index contributed by atoms with van der Waals surface area (Å²) in [5.74, 6) is -3.09. The van der Waals surface area contributed by atoms with Gasteiger partial charge < -0.3 is 5.32 Å². The zero-order valence-corrected chi connectivity index (χ0v) is 19.1. The third-order valence-electron chi connectivity index (χ3n) is 5.27. The van der Waals surface area contributed by atoms with Crippen LogP contribution in [-0.2, 0) is 9.59 Å². The Morgan fingerprint density at radius 1 is 0.758 bits per heavy atom. The first-order valence-corrected chi connectivity index (χ1v) is 12.5. The predicted octanol–water partition coefficient (Wildman–Crippen LogP) is 4.20. The van der Waals surface area contributed by atoms with Crippen LogP contribution >= 0.6 is 6.89 Å². The number of nitrogens with one attached hydrogen (secondary N) is 1. The van der Waals surface area contributed by atoms with Crippen molar-refractivity contribution < 1.29 is 22.8 Å². The average Bonchev–Trinajstić information content (AvgIpc) is 2.83. The fourth-order valence-corrected chi connectivity index (χ4v) is 8.14. The first-order chi connectivity index (χ1) is 15.8. The zero-order chi connectivity index (χ0) is 23.9. The summed E-state index contributed by atoms with van der Waals surface area (Å²) in [5, 5.41) is 3.33. The van der Waals surface area contributed by atoms with E-state index in [1.165, 1.54) is 0 Å². The van der Waals surface area contributed by atoms with E-state index >= 15 is 0 Å². The van der Waals surface area contributed by atoms with Crippen molar-refractivity contribution >= 4 is 39.8 Å². The van der Waals surface area contributed by atoms with Gasteiger partial charge in [0.15, 0.2) is 0 Å². The lowest BCUT2D eigenvalue weighted by Crippen LogP contribution is -2.47. The fraction of sp³-hybridized carbons (Fsp3) is 0.192. The van der Waals surface area contributed by atoms with Gasteiger partial charge in [0, 0.05) is 6.54 Å². The lowest BCUT2D eigenvalue weighted by molar-refractivity contribution is -0.163. The second kappa shape index (κ2) is 10.7. The van der Waals surface area contributed by atoms with Gasteiger partial charge in [-0.05, 0) is 29.2 Å². The highest BCUT2D eigenvalue weighted by Crippen LogP contribution is 2.47. The van der Waals surface area contributed by atoms with Gasteiger partial charge in [-0.25, -0.2) is 0 Å². The Morgan fingerprint density at radius 3 is 1.48 bits per heavy atom. The van der Waals surface area contributed by atoms with Gasteiger partial charge in [0.2, 0.25) is 0 Å². The standard InChI is InChI=1S/C26H25F3NO2P/c1-2-3-19-30-25(32)23(24(31)26(27,28)29)33(20-13-7-4-8-14-20,21-15-9-5-10-16-21)22-17-11-6-12-18-22/h4-18H,2-3,19H2,1H3,(H,30,32). The maximum absolute atomic E-state index is 14.0. The number of carbonyl (C=O) groups is 2. The van der Waals surface area contributed by atoms with Crippen LogP contribution in [0.15, 0.2) is 91.0 Å². The van der Waals surface area contributed by atoms with Crippen LogP contribution in [0, 0.1) is 0 Å². The number of halogens is 3. The summed E-state index contributed by atoms with van der Waals surface area (Å²) in [4.78, 5) is 26.4. The highest BCUT2D eigenvalue weighted by Gasteiger charge is 2.48. The molecule has 0 aliphatic carbocycles. The van der Waals surface area contributed by atoms with Crippen LogP contribution in [0.25, 0.3) is 0 Å². The molecule has 33 heavy (non-hydrogen) atoms. The molecule has 0 heterocycles. The molecule has 0 radical (unpaired) electrons. The molecule has 0 atom stereocenters. The Morgan fingerprint density at radius 2 is 1.15 bits per heavy atom. The van der Waals surface area contributed by atoms with Gasteiger partial charge in [0.1, 0.15) is 5.29 Å². The van der Waals surface area contributed by atoms with E-state index in [0.717, 1.165) is 6.42 Å². The van der Waals surface area contributed by atoms with Gasteiger partial charge in [-0.1, -0.05) is 104 Å². The topological polar surface area (TPSA) is 46.2 Å². The summed E-state index contributed by atoms with van der Waals surface area (Å²) >= 11 is 0. The SMILES string of the molecule is CCCCNC(=O)C(C(=O)C(F)(F)F)=P(c1ccccc1)(c1ccccc1)c1ccccc1. The number of carbonyl (C=O) groups excluding carboxylic acids is 2. The third-order valence-corrected chi connectivity index (χ3v) is 9.56. The molecule has 0 spiro atoms. The molecule has 3 nitrogen and oxygen atoms in total. The molecule has 1 amide bonds. The van der Waals surface area contributed by atoms with Crippen molar-refractivity contribution in [2.24, 2.45) is 0 Å². The smallest absolute Gasteiger partial charge is 0.352 e. The van der Waals surface area contributed by atoms with Crippen molar-refractivity contribution in [1.82, 2.24) is 5.32 Å². The molecule has 0 bridgehead atoms. The Balaban J connectivity index is 2.56. The van der Waals surface area contributed by atoms with E-state index < -0.39 is 30.0 Å². The molecule has 0 aliphatic heterocycles. The van der Waals surface area contributed by atoms with E-state index in [4.69, 9.17) is 0 Å². The minimum absolute atomic E-state index is 0.183. The minimum Gasteiger partial charge on any atom is -0.352 e. The number of Topliss-reactive ketones (excluding diaryl/α,β-unsaturated/α-hetero) is 1. The van der Waals surface area contributed by atoms with Crippen molar-refractivity contribution in [1.29, 1.82) is 0 Å². The van der Waals surface area contributed by atoms with Crippen molar-refractivity contribution in [2.45, 2.75) is 25.9 Å². The van der Waals surface area contributed by atoms with Crippen LogP contribution < -0.4 is 21.2 Å². The van der Waals surface area contributed by atoms with Crippen LogP contribution in [-0.4, -0.2) is 29.7 Å². The summed E-state index contributed by atoms with van der Waals surface area (Å²) < 4.78 is 42.0. The van der Waals surface area contributed by atoms with E-state index in [2.05, 4.69) is 5.32 Å².